The van der Waals surface area contributed by atoms with Crippen molar-refractivity contribution in [2.75, 3.05) is 6.61 Å². The number of aliphatic carboxylic acids is 1. The number of carbonyl (C=O) groups is 3. The first-order valence-electron chi connectivity index (χ1n) is 9.92. The highest BCUT2D eigenvalue weighted by Gasteiger charge is 2.55. The number of ether oxygens (including phenoxy) is 1. The summed E-state index contributed by atoms with van der Waals surface area (Å²) in [6.45, 7) is 7.71. The number of esters is 1. The molecule has 2 N–H and O–H groups in total. The molecular weight excluding hydrogens is 360 g/mol. The van der Waals surface area contributed by atoms with Gasteiger partial charge < -0.3 is 14.9 Å². The van der Waals surface area contributed by atoms with Gasteiger partial charge >= 0.3 is 11.9 Å². The Labute approximate surface area is 166 Å². The van der Waals surface area contributed by atoms with Crippen LogP contribution in [-0.4, -0.2) is 41.1 Å². The normalized spacial score (nSPS) is 32.1. The van der Waals surface area contributed by atoms with Crippen molar-refractivity contribution >= 4 is 18.2 Å². The molecule has 0 aromatic heterocycles. The van der Waals surface area contributed by atoms with E-state index in [1.54, 1.807) is 6.08 Å². The molecular formula is C22H32O6. The minimum atomic E-state index is -1.09. The van der Waals surface area contributed by atoms with Crippen molar-refractivity contribution in [3.8, 4) is 0 Å². The van der Waals surface area contributed by atoms with E-state index in [1.807, 2.05) is 0 Å². The number of carboxylic acids is 1. The van der Waals surface area contributed by atoms with Gasteiger partial charge in [0.05, 0.1) is 6.10 Å². The Balaban J connectivity index is 2.30. The Morgan fingerprint density at radius 2 is 1.96 bits per heavy atom. The summed E-state index contributed by atoms with van der Waals surface area (Å²) in [5.74, 6) is -1.60. The molecule has 28 heavy (non-hydrogen) atoms. The zero-order chi connectivity index (χ0) is 21.1. The molecule has 0 spiro atoms. The van der Waals surface area contributed by atoms with E-state index < -0.39 is 18.0 Å². The molecule has 156 valence electrons. The average Bonchev–Trinajstić information content (AvgIpc) is 2.56. The lowest BCUT2D eigenvalue weighted by atomic mass is 9.47. The zero-order valence-electron chi connectivity index (χ0n) is 17.2. The maximum Gasteiger partial charge on any atom is 0.328 e. The lowest BCUT2D eigenvalue weighted by Gasteiger charge is -2.58. The molecule has 0 amide bonds. The predicted octanol–water partition coefficient (Wildman–Crippen LogP) is 3.29. The van der Waals surface area contributed by atoms with Crippen LogP contribution in [0.25, 0.3) is 0 Å². The second-order valence-corrected chi connectivity index (χ2v) is 9.11. The number of carboxylic acid groups (broad SMARTS) is 1. The molecule has 2 aliphatic rings. The first-order valence-corrected chi connectivity index (χ1v) is 9.92. The summed E-state index contributed by atoms with van der Waals surface area (Å²) in [5.41, 5.74) is 0.801. The van der Waals surface area contributed by atoms with Crippen molar-refractivity contribution in [3.63, 3.8) is 0 Å². The highest BCUT2D eigenvalue weighted by atomic mass is 16.5. The molecule has 0 radical (unpaired) electrons. The fourth-order valence-electron chi connectivity index (χ4n) is 5.66. The number of fused-ring (bicyclic) bond motifs is 1. The minimum Gasteiger partial charge on any atom is -0.478 e. The summed E-state index contributed by atoms with van der Waals surface area (Å²) in [6, 6.07) is 0. The Bertz CT molecular complexity index is 689. The van der Waals surface area contributed by atoms with Gasteiger partial charge in [0.15, 0.2) is 0 Å². The van der Waals surface area contributed by atoms with Crippen LogP contribution in [0.4, 0.5) is 0 Å². The molecule has 0 unspecified atom stereocenters. The van der Waals surface area contributed by atoms with Crippen LogP contribution in [0.2, 0.25) is 0 Å². The van der Waals surface area contributed by atoms with Gasteiger partial charge in [-0.05, 0) is 65.6 Å². The van der Waals surface area contributed by atoms with Crippen LogP contribution in [0.3, 0.4) is 0 Å². The van der Waals surface area contributed by atoms with Gasteiger partial charge in [-0.3, -0.25) is 9.59 Å². The smallest absolute Gasteiger partial charge is 0.328 e. The molecule has 0 aromatic rings. The molecule has 1 fully saturated rings. The van der Waals surface area contributed by atoms with E-state index in [0.29, 0.717) is 24.0 Å². The largest absolute Gasteiger partial charge is 0.478 e. The fourth-order valence-corrected chi connectivity index (χ4v) is 5.66. The predicted molar refractivity (Wildman–Crippen MR) is 104 cm³/mol. The quantitative estimate of drug-likeness (QED) is 0.392. The number of aliphatic hydroxyl groups is 1. The molecule has 2 aliphatic carbocycles. The molecule has 2 rings (SSSR count). The second-order valence-electron chi connectivity index (χ2n) is 9.11. The van der Waals surface area contributed by atoms with Crippen molar-refractivity contribution in [1.82, 2.24) is 0 Å². The van der Waals surface area contributed by atoms with Crippen molar-refractivity contribution in [3.05, 3.63) is 23.3 Å². The van der Waals surface area contributed by atoms with Gasteiger partial charge in [0.25, 0.3) is 0 Å². The molecule has 0 aromatic carbocycles. The number of aliphatic hydroxyl groups excluding tert-OH is 1. The fraction of sp³-hybridized carbons (Fsp3) is 0.682. The summed E-state index contributed by atoms with van der Waals surface area (Å²) in [6.07, 6.45) is 6.87. The number of carbonyl (C=O) groups excluding carboxylic acids is 2. The van der Waals surface area contributed by atoms with Gasteiger partial charge in [0.1, 0.15) is 12.9 Å². The van der Waals surface area contributed by atoms with Gasteiger partial charge in [0, 0.05) is 13.0 Å². The first-order chi connectivity index (χ1) is 13.0. The summed E-state index contributed by atoms with van der Waals surface area (Å²) in [5, 5.41) is 19.9. The molecule has 1 saturated carbocycles. The SMILES string of the molecule is CC(=O)OC/C(=C/C(=O)O)CC[C@@H]1C(C=O)=C[C@@H](O)[C@@H]2C(C)(C)CCC[C@@]12C. The van der Waals surface area contributed by atoms with Gasteiger partial charge in [-0.15, -0.1) is 0 Å². The van der Waals surface area contributed by atoms with Crippen LogP contribution in [0.1, 0.15) is 59.8 Å². The molecule has 0 bridgehead atoms. The third-order valence-corrected chi connectivity index (χ3v) is 6.67. The van der Waals surface area contributed by atoms with Crippen LogP contribution in [-0.2, 0) is 19.1 Å². The number of rotatable bonds is 7. The Morgan fingerprint density at radius 3 is 2.54 bits per heavy atom. The van der Waals surface area contributed by atoms with E-state index in [9.17, 15) is 19.5 Å². The molecule has 0 heterocycles. The highest BCUT2D eigenvalue weighted by Crippen LogP contribution is 2.60. The lowest BCUT2D eigenvalue weighted by Crippen LogP contribution is -2.54. The molecule has 6 heteroatoms. The Hall–Kier alpha value is -1.95. The van der Waals surface area contributed by atoms with E-state index in [0.717, 1.165) is 31.6 Å². The number of aldehydes is 1. The summed E-state index contributed by atoms with van der Waals surface area (Å²) >= 11 is 0. The number of allylic oxidation sites excluding steroid dienone is 1. The van der Waals surface area contributed by atoms with Crippen molar-refractivity contribution in [1.29, 1.82) is 0 Å². The highest BCUT2D eigenvalue weighted by molar-refractivity contribution is 5.81. The lowest BCUT2D eigenvalue weighted by molar-refractivity contribution is -0.140. The van der Waals surface area contributed by atoms with Gasteiger partial charge in [-0.1, -0.05) is 27.2 Å². The average molecular weight is 392 g/mol. The molecule has 6 nitrogen and oxygen atoms in total. The van der Waals surface area contributed by atoms with E-state index in [2.05, 4.69) is 20.8 Å². The summed E-state index contributed by atoms with van der Waals surface area (Å²) in [7, 11) is 0. The second kappa shape index (κ2) is 8.60. The molecule has 0 aliphatic heterocycles. The van der Waals surface area contributed by atoms with E-state index in [1.165, 1.54) is 6.92 Å². The Kier molecular flexibility index (Phi) is 6.86. The van der Waals surface area contributed by atoms with E-state index in [4.69, 9.17) is 9.84 Å². The third-order valence-electron chi connectivity index (χ3n) is 6.67. The Morgan fingerprint density at radius 1 is 1.29 bits per heavy atom. The van der Waals surface area contributed by atoms with Gasteiger partial charge in [-0.25, -0.2) is 4.79 Å². The van der Waals surface area contributed by atoms with Crippen LogP contribution < -0.4 is 0 Å². The maximum absolute atomic E-state index is 11.8. The van der Waals surface area contributed by atoms with Gasteiger partial charge in [0.2, 0.25) is 0 Å². The van der Waals surface area contributed by atoms with Crippen molar-refractivity contribution in [2.45, 2.75) is 65.9 Å². The summed E-state index contributed by atoms with van der Waals surface area (Å²) in [4.78, 5) is 34.0. The number of hydrogen-bond acceptors (Lipinski definition) is 5. The first kappa shape index (κ1) is 22.3. The van der Waals surface area contributed by atoms with E-state index in [-0.39, 0.29) is 29.3 Å². The van der Waals surface area contributed by atoms with Gasteiger partial charge in [-0.2, -0.15) is 0 Å². The van der Waals surface area contributed by atoms with Crippen molar-refractivity contribution < 1.29 is 29.3 Å². The third kappa shape index (κ3) is 4.72. The summed E-state index contributed by atoms with van der Waals surface area (Å²) < 4.78 is 4.99. The maximum atomic E-state index is 11.8. The monoisotopic (exact) mass is 392 g/mol. The topological polar surface area (TPSA) is 101 Å². The van der Waals surface area contributed by atoms with Crippen molar-refractivity contribution in [2.24, 2.45) is 22.7 Å². The minimum absolute atomic E-state index is 0.0304. The molecule has 4 atom stereocenters. The zero-order valence-corrected chi connectivity index (χ0v) is 17.2. The van der Waals surface area contributed by atoms with Crippen LogP contribution in [0.15, 0.2) is 23.3 Å². The van der Waals surface area contributed by atoms with Crippen LogP contribution in [0, 0.1) is 22.7 Å². The van der Waals surface area contributed by atoms with E-state index >= 15 is 0 Å². The van der Waals surface area contributed by atoms with Crippen LogP contribution in [0.5, 0.6) is 0 Å². The standard InChI is InChI=1S/C22H32O6/c1-14(24)28-13-15(10-19(26)27)6-7-17-16(12-23)11-18(25)20-21(2,3)8-5-9-22(17,20)4/h10-12,17-18,20,25H,5-9,13H2,1-4H3,(H,26,27)/b15-10+/t17-,18-,20-,22+/m1/s1. The molecule has 0 saturated heterocycles. The van der Waals surface area contributed by atoms with Crippen LogP contribution >= 0.6 is 0 Å². The number of hydrogen-bond donors (Lipinski definition) is 2.